The second-order valence-electron chi connectivity index (χ2n) is 6.20. The summed E-state index contributed by atoms with van der Waals surface area (Å²) in [6, 6.07) is 8.01. The maximum Gasteiger partial charge on any atom is 0.223 e. The molecular weight excluding hydrogens is 300 g/mol. The Hall–Kier alpha value is -1.26. The van der Waals surface area contributed by atoms with Crippen LogP contribution in [0, 0.1) is 11.8 Å². The third-order valence-electron chi connectivity index (χ3n) is 4.71. The van der Waals surface area contributed by atoms with Gasteiger partial charge in [-0.25, -0.2) is 0 Å². The highest BCUT2D eigenvalue weighted by molar-refractivity contribution is 5.85. The standard InChI is InChI=1S/C17H24N2O2.ClH/c1-12(14-9-18-10-14)17(20)19-11-13-5-2-3-8-16(13)21-15-6-4-7-15;/h2-3,5,8,12,14-15,18H,4,6-7,9-11H2,1H3,(H,19,20);1H. The van der Waals surface area contributed by atoms with E-state index in [1.54, 1.807) is 0 Å². The summed E-state index contributed by atoms with van der Waals surface area (Å²) in [6.07, 6.45) is 3.91. The first-order valence-electron chi connectivity index (χ1n) is 7.97. The van der Waals surface area contributed by atoms with Gasteiger partial charge in [-0.05, 0) is 44.3 Å². The molecule has 1 amide bonds. The first-order chi connectivity index (χ1) is 10.2. The van der Waals surface area contributed by atoms with Crippen molar-refractivity contribution in [2.45, 2.75) is 38.8 Å². The summed E-state index contributed by atoms with van der Waals surface area (Å²) in [6.45, 7) is 4.47. The van der Waals surface area contributed by atoms with Gasteiger partial charge in [0, 0.05) is 18.0 Å². The van der Waals surface area contributed by atoms with Gasteiger partial charge in [0.15, 0.2) is 0 Å². The van der Waals surface area contributed by atoms with Crippen LogP contribution in [0.2, 0.25) is 0 Å². The molecule has 22 heavy (non-hydrogen) atoms. The molecule has 0 radical (unpaired) electrons. The Bertz CT molecular complexity index is 501. The van der Waals surface area contributed by atoms with E-state index in [4.69, 9.17) is 4.74 Å². The molecule has 2 aliphatic rings. The predicted molar refractivity (Wildman–Crippen MR) is 89.3 cm³/mol. The highest BCUT2D eigenvalue weighted by atomic mass is 35.5. The van der Waals surface area contributed by atoms with Crippen molar-refractivity contribution in [1.29, 1.82) is 0 Å². The Balaban J connectivity index is 0.00000176. The van der Waals surface area contributed by atoms with E-state index in [2.05, 4.69) is 10.6 Å². The summed E-state index contributed by atoms with van der Waals surface area (Å²) in [5.74, 6) is 1.61. The lowest BCUT2D eigenvalue weighted by Gasteiger charge is -2.32. The molecule has 2 fully saturated rings. The largest absolute Gasteiger partial charge is 0.490 e. The third kappa shape index (κ3) is 3.93. The molecule has 4 nitrogen and oxygen atoms in total. The van der Waals surface area contributed by atoms with E-state index in [1.807, 2.05) is 31.2 Å². The van der Waals surface area contributed by atoms with Gasteiger partial charge in [0.2, 0.25) is 5.91 Å². The van der Waals surface area contributed by atoms with E-state index >= 15 is 0 Å². The van der Waals surface area contributed by atoms with Gasteiger partial charge in [0.25, 0.3) is 0 Å². The molecule has 2 N–H and O–H groups in total. The maximum absolute atomic E-state index is 12.2. The molecule has 0 bridgehead atoms. The Labute approximate surface area is 138 Å². The highest BCUT2D eigenvalue weighted by Crippen LogP contribution is 2.27. The van der Waals surface area contributed by atoms with Gasteiger partial charge in [0.05, 0.1) is 6.10 Å². The molecular formula is C17H25ClN2O2. The molecule has 5 heteroatoms. The normalized spacial score (nSPS) is 19.3. The van der Waals surface area contributed by atoms with E-state index in [1.165, 1.54) is 6.42 Å². The van der Waals surface area contributed by atoms with E-state index in [0.717, 1.165) is 37.2 Å². The molecule has 1 aromatic rings. The molecule has 1 aromatic carbocycles. The molecule has 1 saturated heterocycles. The molecule has 1 aliphatic heterocycles. The Morgan fingerprint density at radius 2 is 2.09 bits per heavy atom. The SMILES string of the molecule is CC(C(=O)NCc1ccccc1OC1CCC1)C1CNC1.Cl. The maximum atomic E-state index is 12.2. The summed E-state index contributed by atoms with van der Waals surface area (Å²) in [5, 5.41) is 6.27. The smallest absolute Gasteiger partial charge is 0.223 e. The van der Waals surface area contributed by atoms with Crippen molar-refractivity contribution in [3.63, 3.8) is 0 Å². The second kappa shape index (κ2) is 7.84. The van der Waals surface area contributed by atoms with Gasteiger partial charge in [-0.3, -0.25) is 4.79 Å². The van der Waals surface area contributed by atoms with Gasteiger partial charge in [-0.15, -0.1) is 12.4 Å². The average molecular weight is 325 g/mol. The number of nitrogens with one attached hydrogen (secondary N) is 2. The predicted octanol–water partition coefficient (Wildman–Crippen LogP) is 2.51. The third-order valence-corrected chi connectivity index (χ3v) is 4.71. The number of carbonyl (C=O) groups excluding carboxylic acids is 1. The van der Waals surface area contributed by atoms with Crippen molar-refractivity contribution in [2.75, 3.05) is 13.1 Å². The fraction of sp³-hybridized carbons (Fsp3) is 0.588. The quantitative estimate of drug-likeness (QED) is 0.845. The Morgan fingerprint density at radius 3 is 2.68 bits per heavy atom. The number of benzene rings is 1. The van der Waals surface area contributed by atoms with Gasteiger partial charge in [-0.2, -0.15) is 0 Å². The van der Waals surface area contributed by atoms with Gasteiger partial charge >= 0.3 is 0 Å². The van der Waals surface area contributed by atoms with Gasteiger partial charge in [-0.1, -0.05) is 25.1 Å². The summed E-state index contributed by atoms with van der Waals surface area (Å²) < 4.78 is 5.99. The number of rotatable bonds is 6. The van der Waals surface area contributed by atoms with Crippen molar-refractivity contribution in [1.82, 2.24) is 10.6 Å². The number of ether oxygens (including phenoxy) is 1. The van der Waals surface area contributed by atoms with Crippen molar-refractivity contribution in [3.05, 3.63) is 29.8 Å². The van der Waals surface area contributed by atoms with E-state index < -0.39 is 0 Å². The van der Waals surface area contributed by atoms with E-state index in [-0.39, 0.29) is 24.2 Å². The summed E-state index contributed by atoms with van der Waals surface area (Å²) in [5.41, 5.74) is 1.07. The number of amides is 1. The first-order valence-corrected chi connectivity index (χ1v) is 7.97. The number of carbonyl (C=O) groups is 1. The lowest BCUT2D eigenvalue weighted by molar-refractivity contribution is -0.126. The van der Waals surface area contributed by atoms with Crippen LogP contribution in [-0.2, 0) is 11.3 Å². The number of halogens is 1. The molecule has 1 saturated carbocycles. The monoisotopic (exact) mass is 324 g/mol. The highest BCUT2D eigenvalue weighted by Gasteiger charge is 2.28. The lowest BCUT2D eigenvalue weighted by Crippen LogP contribution is -2.49. The Kier molecular flexibility index (Phi) is 6.09. The molecule has 122 valence electrons. The molecule has 1 unspecified atom stereocenters. The average Bonchev–Trinajstić information content (AvgIpc) is 2.39. The zero-order valence-corrected chi connectivity index (χ0v) is 13.8. The van der Waals surface area contributed by atoms with Crippen LogP contribution in [0.5, 0.6) is 5.75 Å². The van der Waals surface area contributed by atoms with Crippen LogP contribution in [-0.4, -0.2) is 25.1 Å². The molecule has 0 aromatic heterocycles. The van der Waals surface area contributed by atoms with Crippen LogP contribution in [0.15, 0.2) is 24.3 Å². The number of hydrogen-bond acceptors (Lipinski definition) is 3. The minimum atomic E-state index is 0. The topological polar surface area (TPSA) is 50.4 Å². The minimum Gasteiger partial charge on any atom is -0.490 e. The van der Waals surface area contributed by atoms with Crippen molar-refractivity contribution in [3.8, 4) is 5.75 Å². The van der Waals surface area contributed by atoms with Crippen molar-refractivity contribution >= 4 is 18.3 Å². The summed E-state index contributed by atoms with van der Waals surface area (Å²) >= 11 is 0. The summed E-state index contributed by atoms with van der Waals surface area (Å²) in [4.78, 5) is 12.2. The Morgan fingerprint density at radius 1 is 1.36 bits per heavy atom. The molecule has 1 aliphatic carbocycles. The van der Waals surface area contributed by atoms with Crippen molar-refractivity contribution in [2.24, 2.45) is 11.8 Å². The van der Waals surface area contributed by atoms with Crippen LogP contribution in [0.3, 0.4) is 0 Å². The fourth-order valence-electron chi connectivity index (χ4n) is 2.66. The number of hydrogen-bond donors (Lipinski definition) is 2. The molecule has 1 heterocycles. The first kappa shape index (κ1) is 17.1. The molecule has 3 rings (SSSR count). The minimum absolute atomic E-state index is 0. The molecule has 0 spiro atoms. The zero-order valence-electron chi connectivity index (χ0n) is 13.0. The number of para-hydroxylation sites is 1. The van der Waals surface area contributed by atoms with Crippen molar-refractivity contribution < 1.29 is 9.53 Å². The van der Waals surface area contributed by atoms with E-state index in [0.29, 0.717) is 18.6 Å². The fourth-order valence-corrected chi connectivity index (χ4v) is 2.66. The zero-order chi connectivity index (χ0) is 14.7. The summed E-state index contributed by atoms with van der Waals surface area (Å²) in [7, 11) is 0. The van der Waals surface area contributed by atoms with Crippen LogP contribution >= 0.6 is 12.4 Å². The van der Waals surface area contributed by atoms with Gasteiger partial charge < -0.3 is 15.4 Å². The van der Waals surface area contributed by atoms with Crippen LogP contribution in [0.4, 0.5) is 0 Å². The van der Waals surface area contributed by atoms with Crippen LogP contribution in [0.25, 0.3) is 0 Å². The van der Waals surface area contributed by atoms with Crippen LogP contribution in [0.1, 0.15) is 31.7 Å². The molecule has 1 atom stereocenters. The van der Waals surface area contributed by atoms with Crippen LogP contribution < -0.4 is 15.4 Å². The lowest BCUT2D eigenvalue weighted by atomic mass is 9.88. The van der Waals surface area contributed by atoms with Gasteiger partial charge in [0.1, 0.15) is 5.75 Å². The second-order valence-corrected chi connectivity index (χ2v) is 6.20. The van der Waals surface area contributed by atoms with E-state index in [9.17, 15) is 4.79 Å².